The number of esters is 1. The number of hydrogen-bond donors (Lipinski definition) is 1. The van der Waals surface area contributed by atoms with E-state index in [9.17, 15) is 14.0 Å². The van der Waals surface area contributed by atoms with Crippen molar-refractivity contribution < 1.29 is 23.1 Å². The van der Waals surface area contributed by atoms with Gasteiger partial charge in [0.25, 0.3) is 5.91 Å². The lowest BCUT2D eigenvalue weighted by Crippen LogP contribution is -2.30. The summed E-state index contributed by atoms with van der Waals surface area (Å²) >= 11 is 0. The fraction of sp³-hybridized carbons (Fsp3) is 0.217. The summed E-state index contributed by atoms with van der Waals surface area (Å²) in [4.78, 5) is 24.8. The first-order valence-corrected chi connectivity index (χ1v) is 9.31. The Labute approximate surface area is 168 Å². The van der Waals surface area contributed by atoms with Gasteiger partial charge in [-0.3, -0.25) is 4.79 Å². The Kier molecular flexibility index (Phi) is 6.12. The molecule has 1 amide bonds. The summed E-state index contributed by atoms with van der Waals surface area (Å²) in [6, 6.07) is 16.2. The number of halogens is 1. The molecule has 0 unspecified atom stereocenters. The molecule has 29 heavy (non-hydrogen) atoms. The van der Waals surface area contributed by atoms with Crippen LogP contribution in [0.1, 0.15) is 42.8 Å². The number of hydrogen-bond acceptors (Lipinski definition) is 4. The zero-order chi connectivity index (χ0) is 21.0. The Morgan fingerprint density at radius 1 is 0.966 bits per heavy atom. The molecule has 0 aliphatic rings. The molecule has 0 bridgehead atoms. The van der Waals surface area contributed by atoms with Gasteiger partial charge >= 0.3 is 5.97 Å². The first-order valence-electron chi connectivity index (χ1n) is 9.31. The fourth-order valence-corrected chi connectivity index (χ4v) is 2.84. The molecule has 0 fully saturated rings. The summed E-state index contributed by atoms with van der Waals surface area (Å²) < 4.78 is 23.8. The number of para-hydroxylation sites is 1. The van der Waals surface area contributed by atoms with Crippen molar-refractivity contribution >= 4 is 17.6 Å². The first-order chi connectivity index (χ1) is 13.8. The van der Waals surface area contributed by atoms with Gasteiger partial charge < -0.3 is 14.5 Å². The van der Waals surface area contributed by atoms with Gasteiger partial charge in [-0.15, -0.1) is 0 Å². The third-order valence-electron chi connectivity index (χ3n) is 4.43. The smallest absolute Gasteiger partial charge is 0.375 e. The van der Waals surface area contributed by atoms with E-state index < -0.39 is 18.0 Å². The second-order valence-corrected chi connectivity index (χ2v) is 6.95. The largest absolute Gasteiger partial charge is 0.449 e. The van der Waals surface area contributed by atoms with E-state index in [0.29, 0.717) is 17.0 Å². The minimum atomic E-state index is -1.01. The minimum Gasteiger partial charge on any atom is -0.449 e. The van der Waals surface area contributed by atoms with E-state index in [4.69, 9.17) is 9.15 Å². The van der Waals surface area contributed by atoms with Gasteiger partial charge in [-0.1, -0.05) is 32.0 Å². The Balaban J connectivity index is 1.65. The number of benzene rings is 2. The molecule has 150 valence electrons. The summed E-state index contributed by atoms with van der Waals surface area (Å²) in [5.74, 6) is -0.947. The fourth-order valence-electron chi connectivity index (χ4n) is 2.84. The van der Waals surface area contributed by atoms with Crippen molar-refractivity contribution in [2.75, 3.05) is 5.32 Å². The lowest BCUT2D eigenvalue weighted by molar-refractivity contribution is -0.123. The van der Waals surface area contributed by atoms with Crippen LogP contribution in [0.4, 0.5) is 10.1 Å². The maximum Gasteiger partial charge on any atom is 0.375 e. The van der Waals surface area contributed by atoms with E-state index in [2.05, 4.69) is 5.32 Å². The summed E-state index contributed by atoms with van der Waals surface area (Å²) in [6.07, 6.45) is -1.01. The number of furan rings is 1. The average Bonchev–Trinajstić information content (AvgIpc) is 3.19. The van der Waals surface area contributed by atoms with Crippen LogP contribution in [-0.2, 0) is 9.53 Å². The van der Waals surface area contributed by atoms with E-state index >= 15 is 0 Å². The Bertz CT molecular complexity index is 1010. The van der Waals surface area contributed by atoms with Crippen LogP contribution in [0, 0.1) is 5.82 Å². The Morgan fingerprint density at radius 3 is 2.34 bits per heavy atom. The molecule has 1 N–H and O–H groups in total. The number of carbonyl (C=O) groups excluding carboxylic acids is 2. The summed E-state index contributed by atoms with van der Waals surface area (Å²) in [7, 11) is 0. The highest BCUT2D eigenvalue weighted by atomic mass is 19.1. The molecule has 3 aromatic rings. The van der Waals surface area contributed by atoms with Crippen molar-refractivity contribution in [3.05, 3.63) is 77.8 Å². The van der Waals surface area contributed by atoms with Crippen LogP contribution in [0.2, 0.25) is 0 Å². The van der Waals surface area contributed by atoms with Crippen LogP contribution in [0.25, 0.3) is 11.3 Å². The van der Waals surface area contributed by atoms with Crippen LogP contribution in [0.15, 0.2) is 65.1 Å². The zero-order valence-corrected chi connectivity index (χ0v) is 16.4. The van der Waals surface area contributed by atoms with Gasteiger partial charge in [-0.2, -0.15) is 0 Å². The molecule has 2 aromatic carbocycles. The number of amides is 1. The molecule has 0 saturated heterocycles. The monoisotopic (exact) mass is 395 g/mol. The Morgan fingerprint density at radius 2 is 1.66 bits per heavy atom. The van der Waals surface area contributed by atoms with Gasteiger partial charge in [0.1, 0.15) is 11.6 Å². The lowest BCUT2D eigenvalue weighted by atomic mass is 10.0. The predicted octanol–water partition coefficient (Wildman–Crippen LogP) is 5.39. The molecular formula is C23H22FNO4. The van der Waals surface area contributed by atoms with Crippen molar-refractivity contribution in [2.24, 2.45) is 0 Å². The number of nitrogens with one attached hydrogen (secondary N) is 1. The highest BCUT2D eigenvalue weighted by Gasteiger charge is 2.22. The van der Waals surface area contributed by atoms with Crippen LogP contribution >= 0.6 is 0 Å². The normalized spacial score (nSPS) is 11.9. The number of carbonyl (C=O) groups is 2. The Hall–Kier alpha value is -3.41. The average molecular weight is 395 g/mol. The molecule has 3 rings (SSSR count). The maximum absolute atomic E-state index is 13.0. The highest BCUT2D eigenvalue weighted by Crippen LogP contribution is 2.25. The van der Waals surface area contributed by atoms with Crippen LogP contribution < -0.4 is 5.32 Å². The summed E-state index contributed by atoms with van der Waals surface area (Å²) in [5, 5.41) is 2.80. The molecule has 1 atom stereocenters. The van der Waals surface area contributed by atoms with Gasteiger partial charge in [-0.25, -0.2) is 9.18 Å². The zero-order valence-electron chi connectivity index (χ0n) is 16.4. The third kappa shape index (κ3) is 4.90. The van der Waals surface area contributed by atoms with E-state index in [1.165, 1.54) is 25.1 Å². The van der Waals surface area contributed by atoms with Crippen molar-refractivity contribution in [2.45, 2.75) is 32.8 Å². The van der Waals surface area contributed by atoms with Gasteiger partial charge in [0.2, 0.25) is 5.76 Å². The van der Waals surface area contributed by atoms with Gasteiger partial charge in [0, 0.05) is 11.3 Å². The molecule has 5 nitrogen and oxygen atoms in total. The number of anilines is 1. The molecule has 0 spiro atoms. The number of rotatable bonds is 6. The maximum atomic E-state index is 13.0. The summed E-state index contributed by atoms with van der Waals surface area (Å²) in [6.45, 7) is 5.56. The second-order valence-electron chi connectivity index (χ2n) is 6.95. The van der Waals surface area contributed by atoms with Crippen LogP contribution in [0.3, 0.4) is 0 Å². The van der Waals surface area contributed by atoms with E-state index in [1.54, 1.807) is 18.2 Å². The quantitative estimate of drug-likeness (QED) is 0.568. The van der Waals surface area contributed by atoms with E-state index in [0.717, 1.165) is 5.56 Å². The standard InChI is InChI=1S/C23H22FNO4/c1-14(2)18-6-4-5-7-19(18)25-22(26)15(3)28-23(27)21-13-12-20(29-21)16-8-10-17(24)11-9-16/h4-15H,1-3H3,(H,25,26)/t15-/m0/s1. The molecule has 6 heteroatoms. The van der Waals surface area contributed by atoms with Crippen molar-refractivity contribution in [1.29, 1.82) is 0 Å². The first kappa shape index (κ1) is 20.3. The highest BCUT2D eigenvalue weighted by molar-refractivity contribution is 5.97. The molecule has 0 saturated carbocycles. The van der Waals surface area contributed by atoms with Crippen LogP contribution in [0.5, 0.6) is 0 Å². The molecule has 0 aliphatic heterocycles. The third-order valence-corrected chi connectivity index (χ3v) is 4.43. The van der Waals surface area contributed by atoms with Crippen LogP contribution in [-0.4, -0.2) is 18.0 Å². The lowest BCUT2D eigenvalue weighted by Gasteiger charge is -2.16. The minimum absolute atomic E-state index is 0.0356. The van der Waals surface area contributed by atoms with Gasteiger partial charge in [0.15, 0.2) is 6.10 Å². The van der Waals surface area contributed by atoms with Crippen molar-refractivity contribution in [3.8, 4) is 11.3 Å². The summed E-state index contributed by atoms with van der Waals surface area (Å²) in [5.41, 5.74) is 2.31. The molecule has 1 aromatic heterocycles. The molecule has 1 heterocycles. The molecule has 0 radical (unpaired) electrons. The molecular weight excluding hydrogens is 373 g/mol. The van der Waals surface area contributed by atoms with Gasteiger partial charge in [-0.05, 0) is 60.9 Å². The topological polar surface area (TPSA) is 68.5 Å². The van der Waals surface area contributed by atoms with Gasteiger partial charge in [0.05, 0.1) is 0 Å². The SMILES string of the molecule is CC(C)c1ccccc1NC(=O)[C@H](C)OC(=O)c1ccc(-c2ccc(F)cc2)o1. The van der Waals surface area contributed by atoms with E-state index in [1.807, 2.05) is 38.1 Å². The molecule has 0 aliphatic carbocycles. The second kappa shape index (κ2) is 8.73. The van der Waals surface area contributed by atoms with Crippen molar-refractivity contribution in [1.82, 2.24) is 0 Å². The predicted molar refractivity (Wildman–Crippen MR) is 108 cm³/mol. The van der Waals surface area contributed by atoms with E-state index in [-0.39, 0.29) is 17.5 Å². The van der Waals surface area contributed by atoms with Crippen molar-refractivity contribution in [3.63, 3.8) is 0 Å². The number of ether oxygens (including phenoxy) is 1.